The van der Waals surface area contributed by atoms with E-state index >= 15 is 0 Å². The summed E-state index contributed by atoms with van der Waals surface area (Å²) in [6.45, 7) is 1.64. The average Bonchev–Trinajstić information content (AvgIpc) is 2.71. The van der Waals surface area contributed by atoms with Crippen LogP contribution in [0.4, 0.5) is 10.8 Å². The number of nitrogens with zero attached hydrogens (tertiary/aromatic N) is 1. The van der Waals surface area contributed by atoms with Gasteiger partial charge in [0.2, 0.25) is 0 Å². The molecule has 0 aliphatic heterocycles. The number of rotatable bonds is 3. The molecular formula is C11H7BrCl2N2O2S. The van der Waals surface area contributed by atoms with Crippen LogP contribution in [-0.2, 0) is 0 Å². The molecule has 0 saturated carbocycles. The molecule has 100 valence electrons. The largest absolute Gasteiger partial charge is 0.477 e. The molecule has 0 aliphatic rings. The van der Waals surface area contributed by atoms with Crippen LogP contribution in [0.3, 0.4) is 0 Å². The highest BCUT2D eigenvalue weighted by Gasteiger charge is 2.15. The summed E-state index contributed by atoms with van der Waals surface area (Å²) in [5, 5.41) is 13.1. The monoisotopic (exact) mass is 380 g/mol. The molecule has 0 atom stereocenters. The van der Waals surface area contributed by atoms with Crippen molar-refractivity contribution in [3.8, 4) is 0 Å². The van der Waals surface area contributed by atoms with Crippen molar-refractivity contribution in [2.45, 2.75) is 6.92 Å². The summed E-state index contributed by atoms with van der Waals surface area (Å²) in [7, 11) is 0. The van der Waals surface area contributed by atoms with Gasteiger partial charge in [0.05, 0.1) is 21.4 Å². The summed E-state index contributed by atoms with van der Waals surface area (Å²) in [6.07, 6.45) is 0. The number of carboxylic acid groups (broad SMARTS) is 1. The van der Waals surface area contributed by atoms with Crippen LogP contribution in [0.15, 0.2) is 16.6 Å². The summed E-state index contributed by atoms with van der Waals surface area (Å²) in [5.74, 6) is -0.997. The Morgan fingerprint density at radius 1 is 1.42 bits per heavy atom. The van der Waals surface area contributed by atoms with Crippen LogP contribution in [0.2, 0.25) is 10.0 Å². The Morgan fingerprint density at radius 2 is 2.11 bits per heavy atom. The average molecular weight is 382 g/mol. The molecule has 1 aromatic carbocycles. The van der Waals surface area contributed by atoms with Crippen molar-refractivity contribution in [2.75, 3.05) is 5.32 Å². The van der Waals surface area contributed by atoms with E-state index in [4.69, 9.17) is 28.3 Å². The van der Waals surface area contributed by atoms with E-state index in [1.165, 1.54) is 0 Å². The minimum Gasteiger partial charge on any atom is -0.477 e. The van der Waals surface area contributed by atoms with E-state index in [1.54, 1.807) is 19.1 Å². The molecule has 1 heterocycles. The summed E-state index contributed by atoms with van der Waals surface area (Å²) >= 11 is 16.4. The van der Waals surface area contributed by atoms with E-state index in [1.807, 2.05) is 0 Å². The number of hydrogen-bond donors (Lipinski definition) is 2. The van der Waals surface area contributed by atoms with Gasteiger partial charge in [-0.2, -0.15) is 0 Å². The number of nitrogens with one attached hydrogen (secondary N) is 1. The van der Waals surface area contributed by atoms with Gasteiger partial charge in [0.15, 0.2) is 5.13 Å². The molecule has 8 heteroatoms. The highest BCUT2D eigenvalue weighted by Crippen LogP contribution is 2.37. The summed E-state index contributed by atoms with van der Waals surface area (Å²) in [5.41, 5.74) is 1.03. The molecule has 19 heavy (non-hydrogen) atoms. The van der Waals surface area contributed by atoms with Crippen LogP contribution in [0, 0.1) is 6.92 Å². The van der Waals surface area contributed by atoms with Crippen LogP contribution in [0.1, 0.15) is 15.4 Å². The molecule has 1 aromatic heterocycles. The fraction of sp³-hybridized carbons (Fsp3) is 0.0909. The second-order valence-corrected chi connectivity index (χ2v) is 6.20. The molecule has 0 bridgehead atoms. The normalized spacial score (nSPS) is 10.5. The van der Waals surface area contributed by atoms with Crippen molar-refractivity contribution in [1.82, 2.24) is 4.98 Å². The molecule has 2 aromatic rings. The first-order chi connectivity index (χ1) is 8.90. The molecule has 0 saturated heterocycles. The van der Waals surface area contributed by atoms with E-state index in [-0.39, 0.29) is 4.88 Å². The van der Waals surface area contributed by atoms with Crippen molar-refractivity contribution in [1.29, 1.82) is 0 Å². The Morgan fingerprint density at radius 3 is 2.68 bits per heavy atom. The van der Waals surface area contributed by atoms with Gasteiger partial charge in [0.25, 0.3) is 0 Å². The molecule has 0 spiro atoms. The van der Waals surface area contributed by atoms with Gasteiger partial charge in [0.1, 0.15) is 4.88 Å². The minimum atomic E-state index is -0.997. The third-order valence-corrected chi connectivity index (χ3v) is 5.10. The van der Waals surface area contributed by atoms with Crippen molar-refractivity contribution in [3.63, 3.8) is 0 Å². The number of anilines is 2. The van der Waals surface area contributed by atoms with Crippen molar-refractivity contribution in [3.05, 3.63) is 37.2 Å². The third kappa shape index (κ3) is 3.02. The van der Waals surface area contributed by atoms with E-state index in [0.717, 1.165) is 11.3 Å². The predicted molar refractivity (Wildman–Crippen MR) is 81.3 cm³/mol. The molecule has 0 radical (unpaired) electrons. The highest BCUT2D eigenvalue weighted by molar-refractivity contribution is 9.10. The molecule has 4 nitrogen and oxygen atoms in total. The number of aromatic nitrogens is 1. The maximum Gasteiger partial charge on any atom is 0.347 e. The summed E-state index contributed by atoms with van der Waals surface area (Å²) in [6, 6.07) is 3.48. The fourth-order valence-electron chi connectivity index (χ4n) is 1.39. The number of carboxylic acids is 1. The molecule has 0 aliphatic carbocycles. The zero-order valence-corrected chi connectivity index (χ0v) is 13.4. The first kappa shape index (κ1) is 14.6. The Kier molecular flexibility index (Phi) is 4.35. The molecular weight excluding hydrogens is 375 g/mol. The number of aromatic carboxylic acids is 1. The van der Waals surface area contributed by atoms with Crippen molar-refractivity contribution in [2.24, 2.45) is 0 Å². The smallest absolute Gasteiger partial charge is 0.347 e. The van der Waals surface area contributed by atoms with E-state index < -0.39 is 5.97 Å². The van der Waals surface area contributed by atoms with Crippen LogP contribution >= 0.6 is 50.5 Å². The van der Waals surface area contributed by atoms with Crippen LogP contribution < -0.4 is 5.32 Å². The van der Waals surface area contributed by atoms with Crippen LogP contribution in [-0.4, -0.2) is 16.1 Å². The van der Waals surface area contributed by atoms with Gasteiger partial charge in [0, 0.05) is 4.47 Å². The lowest BCUT2D eigenvalue weighted by molar-refractivity contribution is 0.0701. The summed E-state index contributed by atoms with van der Waals surface area (Å²) < 4.78 is 0.686. The Balaban J connectivity index is 2.34. The Bertz CT molecular complexity index is 660. The lowest BCUT2D eigenvalue weighted by Gasteiger charge is -2.07. The molecule has 0 fully saturated rings. The van der Waals surface area contributed by atoms with Gasteiger partial charge >= 0.3 is 5.97 Å². The van der Waals surface area contributed by atoms with Gasteiger partial charge in [-0.3, -0.25) is 0 Å². The Hall–Kier alpha value is -0.820. The standard InChI is InChI=1S/C11H7BrCl2N2O2S/c1-4-9(10(17)18)19-11(15-4)16-6-3-2-5(12)7(13)8(6)14/h2-3H,1H3,(H,15,16)(H,17,18). The number of aryl methyl sites for hydroxylation is 1. The first-order valence-electron chi connectivity index (χ1n) is 5.01. The third-order valence-electron chi connectivity index (χ3n) is 2.27. The first-order valence-corrected chi connectivity index (χ1v) is 7.38. The van der Waals surface area contributed by atoms with Gasteiger partial charge in [-0.15, -0.1) is 0 Å². The van der Waals surface area contributed by atoms with Gasteiger partial charge < -0.3 is 10.4 Å². The van der Waals surface area contributed by atoms with E-state index in [9.17, 15) is 4.79 Å². The maximum absolute atomic E-state index is 10.9. The fourth-order valence-corrected chi connectivity index (χ4v) is 3.02. The van der Waals surface area contributed by atoms with Crippen LogP contribution in [0.5, 0.6) is 0 Å². The lowest BCUT2D eigenvalue weighted by atomic mass is 10.3. The second kappa shape index (κ2) is 5.66. The number of halogens is 3. The minimum absolute atomic E-state index is 0.196. The number of carbonyl (C=O) groups is 1. The van der Waals surface area contributed by atoms with Gasteiger partial charge in [-0.05, 0) is 35.0 Å². The summed E-state index contributed by atoms with van der Waals surface area (Å²) in [4.78, 5) is 15.3. The van der Waals surface area contributed by atoms with E-state index in [0.29, 0.717) is 31.0 Å². The lowest BCUT2D eigenvalue weighted by Crippen LogP contribution is -1.94. The topological polar surface area (TPSA) is 62.2 Å². The molecule has 0 amide bonds. The zero-order valence-electron chi connectivity index (χ0n) is 9.50. The second-order valence-electron chi connectivity index (χ2n) is 3.59. The molecule has 2 N–H and O–H groups in total. The maximum atomic E-state index is 10.9. The van der Waals surface area contributed by atoms with Gasteiger partial charge in [-0.25, -0.2) is 9.78 Å². The van der Waals surface area contributed by atoms with Crippen LogP contribution in [0.25, 0.3) is 0 Å². The highest BCUT2D eigenvalue weighted by atomic mass is 79.9. The SMILES string of the molecule is Cc1nc(Nc2ccc(Br)c(Cl)c2Cl)sc1C(=O)O. The number of hydrogen-bond acceptors (Lipinski definition) is 4. The quantitative estimate of drug-likeness (QED) is 0.737. The van der Waals surface area contributed by atoms with Crippen molar-refractivity contribution >= 4 is 67.3 Å². The Labute approximate surface area is 131 Å². The van der Waals surface area contributed by atoms with Gasteiger partial charge in [-0.1, -0.05) is 34.5 Å². The van der Waals surface area contributed by atoms with E-state index in [2.05, 4.69) is 26.2 Å². The number of benzene rings is 1. The molecule has 2 rings (SSSR count). The van der Waals surface area contributed by atoms with Crippen molar-refractivity contribution < 1.29 is 9.90 Å². The number of thiazole rings is 1. The zero-order chi connectivity index (χ0) is 14.2. The predicted octanol–water partition coefficient (Wildman–Crippen LogP) is 4.96. The molecule has 0 unspecified atom stereocenters.